The highest BCUT2D eigenvalue weighted by Crippen LogP contribution is 2.66. The van der Waals surface area contributed by atoms with Crippen molar-refractivity contribution in [1.29, 1.82) is 0 Å². The van der Waals surface area contributed by atoms with Crippen molar-refractivity contribution in [2.45, 2.75) is 35.1 Å². The number of fused-ring (bicyclic) bond motifs is 4. The Morgan fingerprint density at radius 1 is 0.978 bits per heavy atom. The highest BCUT2D eigenvalue weighted by Gasteiger charge is 2.76. The second-order valence-corrected chi connectivity index (χ2v) is 14.1. The third-order valence-electron chi connectivity index (χ3n) is 9.72. The first-order valence-electron chi connectivity index (χ1n) is 14.5. The molecule has 0 radical (unpaired) electrons. The molecule has 4 amide bonds. The number of imide groups is 2. The van der Waals surface area contributed by atoms with Crippen molar-refractivity contribution in [2.75, 3.05) is 19.1 Å². The van der Waals surface area contributed by atoms with Crippen LogP contribution in [0.15, 0.2) is 65.6 Å². The summed E-state index contributed by atoms with van der Waals surface area (Å²) in [6.07, 6.45) is 1.82. The highest BCUT2D eigenvalue weighted by molar-refractivity contribution is 7.09. The molecule has 2 aliphatic carbocycles. The molecule has 0 unspecified atom stereocenters. The second-order valence-electron chi connectivity index (χ2n) is 11.9. The number of likely N-dealkylation sites (tertiary alicyclic amines) is 1. The number of phenolic OH excluding ortho intramolecular Hbond substituents is 1. The minimum Gasteiger partial charge on any atom is -0.502 e. The lowest BCUT2D eigenvalue weighted by atomic mass is 9.56. The number of methoxy groups -OCH3 is 2. The van der Waals surface area contributed by atoms with Gasteiger partial charge in [0.1, 0.15) is 5.82 Å². The quantitative estimate of drug-likeness (QED) is 0.211. The number of ether oxygens (including phenoxy) is 2. The van der Waals surface area contributed by atoms with Crippen LogP contribution < -0.4 is 14.4 Å². The smallest absolute Gasteiger partial charge is 0.258 e. The van der Waals surface area contributed by atoms with Crippen LogP contribution in [-0.2, 0) is 25.7 Å². The number of phenols is 1. The molecular weight excluding hydrogens is 658 g/mol. The summed E-state index contributed by atoms with van der Waals surface area (Å²) < 4.78 is 24.7. The van der Waals surface area contributed by atoms with E-state index >= 15 is 0 Å². The second kappa shape index (κ2) is 10.8. The molecule has 2 aliphatic heterocycles. The minimum absolute atomic E-state index is 0.0209. The van der Waals surface area contributed by atoms with Gasteiger partial charge in [0.25, 0.3) is 11.8 Å². The fraction of sp³-hybridized carbons (Fsp3) is 0.333. The van der Waals surface area contributed by atoms with Gasteiger partial charge in [0.15, 0.2) is 21.2 Å². The van der Waals surface area contributed by atoms with Crippen molar-refractivity contribution in [2.24, 2.45) is 17.8 Å². The maximum atomic E-state index is 14.5. The summed E-state index contributed by atoms with van der Waals surface area (Å²) >= 11 is 16.2. The van der Waals surface area contributed by atoms with E-state index in [0.29, 0.717) is 11.1 Å². The number of amides is 4. The summed E-state index contributed by atoms with van der Waals surface area (Å²) in [7, 11) is 2.69. The molecule has 46 heavy (non-hydrogen) atoms. The maximum absolute atomic E-state index is 14.5. The molecule has 1 saturated carbocycles. The van der Waals surface area contributed by atoms with Crippen LogP contribution in [-0.4, -0.2) is 57.6 Å². The topological polar surface area (TPSA) is 113 Å². The summed E-state index contributed by atoms with van der Waals surface area (Å²) in [6, 6.07) is 11.5. The number of carbonyl (C=O) groups excluding carboxylic acids is 4. The molecule has 2 aromatic carbocycles. The normalized spacial score (nSPS) is 30.2. The molecule has 13 heteroatoms. The van der Waals surface area contributed by atoms with Crippen LogP contribution in [0, 0.1) is 23.6 Å². The molecule has 0 bridgehead atoms. The fourth-order valence-corrected chi connectivity index (χ4v) is 9.26. The first-order chi connectivity index (χ1) is 22.0. The number of allylic oxidation sites excluding steroid dienone is 2. The number of alkyl halides is 2. The lowest BCUT2D eigenvalue weighted by Crippen LogP contribution is -2.60. The van der Waals surface area contributed by atoms with E-state index in [-0.39, 0.29) is 54.1 Å². The van der Waals surface area contributed by atoms with Crippen molar-refractivity contribution in [3.8, 4) is 17.2 Å². The van der Waals surface area contributed by atoms with Gasteiger partial charge in [-0.1, -0.05) is 17.7 Å². The molecular formula is C33H27Cl2FN2O7S. The summed E-state index contributed by atoms with van der Waals surface area (Å²) in [5.74, 6) is -6.55. The van der Waals surface area contributed by atoms with Crippen molar-refractivity contribution in [3.63, 3.8) is 0 Å². The van der Waals surface area contributed by atoms with Crippen LogP contribution in [0.5, 0.6) is 17.2 Å². The summed E-state index contributed by atoms with van der Waals surface area (Å²) in [6.45, 7) is 0.126. The molecule has 1 N–H and O–H groups in total. The molecule has 2 saturated heterocycles. The number of aromatic hydroxyl groups is 1. The molecule has 6 atom stereocenters. The highest BCUT2D eigenvalue weighted by atomic mass is 35.5. The van der Waals surface area contributed by atoms with Crippen molar-refractivity contribution >= 4 is 63.9 Å². The average molecular weight is 686 g/mol. The molecule has 3 aromatic rings. The van der Waals surface area contributed by atoms with Gasteiger partial charge in [0.2, 0.25) is 17.6 Å². The monoisotopic (exact) mass is 684 g/mol. The predicted octanol–water partition coefficient (Wildman–Crippen LogP) is 5.37. The molecule has 238 valence electrons. The SMILES string of the molecule is COc1cc([C@H]2C3=CC[C@@H]4C(=O)N(Cc5cccs5)C(=O)[C@@H]4[C@@H]3C[C@@]3(Cl)C(=O)N(c4ccc(F)cc4)C(=O)[C@@]23Cl)cc(OC)c1O. The third kappa shape index (κ3) is 4.10. The minimum atomic E-state index is -2.13. The third-order valence-corrected chi connectivity index (χ3v) is 12.0. The zero-order valence-electron chi connectivity index (χ0n) is 24.5. The Morgan fingerprint density at radius 2 is 1.65 bits per heavy atom. The fourth-order valence-electron chi connectivity index (χ4n) is 7.63. The number of halogens is 3. The number of benzene rings is 2. The Balaban J connectivity index is 1.41. The standard InChI is InChI=1S/C33H27Cl2FN2O7S/c1-44-23-12-16(13-24(45-2)27(23)39)26-20-9-10-21-25(29(41)37(28(21)40)15-19-4-3-11-46-19)22(20)14-32(34)30(42)38(31(43)33(26,32)35)18-7-5-17(36)6-8-18/h3-9,11-13,21-22,25-26,39H,10,14-15H2,1-2H3/t21-,22+,25-,26-,32+,33-/m0/s1. The van der Waals surface area contributed by atoms with E-state index in [2.05, 4.69) is 0 Å². The Kier molecular flexibility index (Phi) is 7.22. The number of hydrogen-bond acceptors (Lipinski definition) is 8. The zero-order chi connectivity index (χ0) is 32.7. The number of nitrogens with zero attached hydrogens (tertiary/aromatic N) is 2. The Hall–Kier alpha value is -3.93. The molecule has 3 heterocycles. The Labute approximate surface area is 277 Å². The van der Waals surface area contributed by atoms with Crippen LogP contribution in [0.4, 0.5) is 10.1 Å². The summed E-state index contributed by atoms with van der Waals surface area (Å²) in [4.78, 5) is 55.4. The van der Waals surface area contributed by atoms with Gasteiger partial charge in [-0.3, -0.25) is 24.1 Å². The lowest BCUT2D eigenvalue weighted by molar-refractivity contribution is -0.141. The van der Waals surface area contributed by atoms with E-state index in [4.69, 9.17) is 32.7 Å². The van der Waals surface area contributed by atoms with Crippen LogP contribution in [0.3, 0.4) is 0 Å². The van der Waals surface area contributed by atoms with E-state index in [0.717, 1.165) is 21.9 Å². The van der Waals surface area contributed by atoms with Gasteiger partial charge < -0.3 is 14.6 Å². The van der Waals surface area contributed by atoms with Gasteiger partial charge >= 0.3 is 0 Å². The first kappa shape index (κ1) is 30.7. The van der Waals surface area contributed by atoms with Crippen molar-refractivity contribution in [3.05, 3.63) is 81.8 Å². The maximum Gasteiger partial charge on any atom is 0.258 e. The van der Waals surface area contributed by atoms with Gasteiger partial charge in [-0.2, -0.15) is 0 Å². The molecule has 4 aliphatic rings. The van der Waals surface area contributed by atoms with E-state index in [1.165, 1.54) is 54.7 Å². The number of thiophene rings is 1. The number of anilines is 1. The van der Waals surface area contributed by atoms with Crippen molar-refractivity contribution in [1.82, 2.24) is 4.90 Å². The molecule has 1 aromatic heterocycles. The van der Waals surface area contributed by atoms with Gasteiger partial charge in [0.05, 0.1) is 38.3 Å². The molecule has 3 fully saturated rings. The van der Waals surface area contributed by atoms with Crippen LogP contribution in [0.1, 0.15) is 29.2 Å². The predicted molar refractivity (Wildman–Crippen MR) is 168 cm³/mol. The van der Waals surface area contributed by atoms with Gasteiger partial charge in [-0.25, -0.2) is 9.29 Å². The summed E-state index contributed by atoms with van der Waals surface area (Å²) in [5.41, 5.74) is 0.994. The molecule has 7 rings (SSSR count). The largest absolute Gasteiger partial charge is 0.502 e. The van der Waals surface area contributed by atoms with Gasteiger partial charge in [0, 0.05) is 10.8 Å². The number of carbonyl (C=O) groups is 4. The molecule has 0 spiro atoms. The van der Waals surface area contributed by atoms with Crippen LogP contribution in [0.25, 0.3) is 0 Å². The number of rotatable bonds is 6. The van der Waals surface area contributed by atoms with E-state index in [9.17, 15) is 28.7 Å². The van der Waals surface area contributed by atoms with Crippen LogP contribution >= 0.6 is 34.5 Å². The molecule has 9 nitrogen and oxygen atoms in total. The van der Waals surface area contributed by atoms with Gasteiger partial charge in [-0.15, -0.1) is 34.5 Å². The van der Waals surface area contributed by atoms with Gasteiger partial charge in [-0.05, 0) is 72.2 Å². The Bertz CT molecular complexity index is 1810. The van der Waals surface area contributed by atoms with Crippen molar-refractivity contribution < 1.29 is 38.1 Å². The van der Waals surface area contributed by atoms with E-state index in [1.54, 1.807) is 0 Å². The Morgan fingerprint density at radius 3 is 2.26 bits per heavy atom. The van der Waals surface area contributed by atoms with E-state index in [1.807, 2.05) is 23.6 Å². The average Bonchev–Trinajstić information content (AvgIpc) is 3.69. The first-order valence-corrected chi connectivity index (χ1v) is 16.1. The lowest BCUT2D eigenvalue weighted by Gasteiger charge is -2.50. The number of hydrogen-bond donors (Lipinski definition) is 1. The van der Waals surface area contributed by atoms with E-state index < -0.39 is 51.1 Å². The van der Waals surface area contributed by atoms with Crippen LogP contribution in [0.2, 0.25) is 0 Å². The zero-order valence-corrected chi connectivity index (χ0v) is 26.9. The summed E-state index contributed by atoms with van der Waals surface area (Å²) in [5, 5.41) is 12.6.